The van der Waals surface area contributed by atoms with Crippen LogP contribution in [0.2, 0.25) is 0 Å². The molecular weight excluding hydrogens is 216 g/mol. The molecule has 4 nitrogen and oxygen atoms in total. The standard InChI is InChI=1S/C10H12O4S/c11-7-2-1-3-9(4-7)15-6-8(12)5-10(13)14/h1-4,8,11-12H,5-6H2,(H,13,14). The Balaban J connectivity index is 2.40. The molecule has 0 spiro atoms. The highest BCUT2D eigenvalue weighted by Crippen LogP contribution is 2.23. The van der Waals surface area contributed by atoms with E-state index in [1.54, 1.807) is 24.3 Å². The number of aliphatic hydroxyl groups is 1. The second-order valence-corrected chi connectivity index (χ2v) is 4.15. The molecule has 0 aliphatic carbocycles. The molecule has 1 aromatic carbocycles. The molecule has 0 heterocycles. The SMILES string of the molecule is O=C(O)CC(O)CSc1cccc(O)c1. The van der Waals surface area contributed by atoms with Gasteiger partial charge in [-0.25, -0.2) is 0 Å². The molecule has 0 saturated heterocycles. The fourth-order valence-electron chi connectivity index (χ4n) is 1.03. The summed E-state index contributed by atoms with van der Waals surface area (Å²) in [7, 11) is 0. The van der Waals surface area contributed by atoms with Crippen molar-refractivity contribution in [3.05, 3.63) is 24.3 Å². The van der Waals surface area contributed by atoms with E-state index in [4.69, 9.17) is 10.2 Å². The molecule has 1 aromatic rings. The van der Waals surface area contributed by atoms with Crippen LogP contribution in [0.15, 0.2) is 29.2 Å². The second-order valence-electron chi connectivity index (χ2n) is 3.06. The van der Waals surface area contributed by atoms with Gasteiger partial charge in [-0.2, -0.15) is 0 Å². The molecule has 0 radical (unpaired) electrons. The fraction of sp³-hybridized carbons (Fsp3) is 0.300. The summed E-state index contributed by atoms with van der Waals surface area (Å²) in [5, 5.41) is 26.9. The summed E-state index contributed by atoms with van der Waals surface area (Å²) in [6.45, 7) is 0. The highest BCUT2D eigenvalue weighted by molar-refractivity contribution is 7.99. The topological polar surface area (TPSA) is 77.8 Å². The number of phenolic OH excluding ortho intramolecular Hbond substituents is 1. The van der Waals surface area contributed by atoms with Crippen LogP contribution < -0.4 is 0 Å². The van der Waals surface area contributed by atoms with Gasteiger partial charge in [-0.3, -0.25) is 4.79 Å². The van der Waals surface area contributed by atoms with E-state index in [1.807, 2.05) is 0 Å². The monoisotopic (exact) mass is 228 g/mol. The van der Waals surface area contributed by atoms with Crippen LogP contribution in [0.5, 0.6) is 5.75 Å². The average molecular weight is 228 g/mol. The molecule has 5 heteroatoms. The molecule has 1 atom stereocenters. The molecule has 0 saturated carbocycles. The number of benzene rings is 1. The van der Waals surface area contributed by atoms with E-state index in [0.29, 0.717) is 5.75 Å². The van der Waals surface area contributed by atoms with Gasteiger partial charge < -0.3 is 15.3 Å². The lowest BCUT2D eigenvalue weighted by molar-refractivity contribution is -0.138. The zero-order valence-electron chi connectivity index (χ0n) is 7.96. The molecule has 3 N–H and O–H groups in total. The summed E-state index contributed by atoms with van der Waals surface area (Å²) in [6.07, 6.45) is -1.12. The first-order chi connectivity index (χ1) is 7.08. The summed E-state index contributed by atoms with van der Waals surface area (Å²) >= 11 is 1.31. The van der Waals surface area contributed by atoms with E-state index in [0.717, 1.165) is 4.90 Å². The van der Waals surface area contributed by atoms with Gasteiger partial charge in [0.25, 0.3) is 0 Å². The number of carbonyl (C=O) groups is 1. The lowest BCUT2D eigenvalue weighted by atomic mass is 10.3. The molecule has 0 aliphatic heterocycles. The zero-order valence-corrected chi connectivity index (χ0v) is 8.78. The zero-order chi connectivity index (χ0) is 11.3. The van der Waals surface area contributed by atoms with Gasteiger partial charge in [-0.05, 0) is 18.2 Å². The molecule has 0 bridgehead atoms. The molecule has 0 aromatic heterocycles. The molecule has 0 aliphatic rings. The number of carboxylic acid groups (broad SMARTS) is 1. The van der Waals surface area contributed by atoms with Crippen molar-refractivity contribution in [1.82, 2.24) is 0 Å². The van der Waals surface area contributed by atoms with Gasteiger partial charge in [0, 0.05) is 10.6 Å². The van der Waals surface area contributed by atoms with E-state index in [1.165, 1.54) is 11.8 Å². The summed E-state index contributed by atoms with van der Waals surface area (Å²) in [4.78, 5) is 11.1. The predicted molar refractivity (Wildman–Crippen MR) is 57.1 cm³/mol. The molecule has 82 valence electrons. The van der Waals surface area contributed by atoms with Gasteiger partial charge in [0.15, 0.2) is 0 Å². The first kappa shape index (κ1) is 11.9. The maximum atomic E-state index is 10.3. The van der Waals surface area contributed by atoms with Crippen LogP contribution in [-0.2, 0) is 4.79 Å². The Bertz CT molecular complexity index is 340. The molecule has 1 rings (SSSR count). The van der Waals surface area contributed by atoms with Crippen molar-refractivity contribution >= 4 is 17.7 Å². The van der Waals surface area contributed by atoms with E-state index in [2.05, 4.69) is 0 Å². The van der Waals surface area contributed by atoms with Crippen molar-refractivity contribution in [2.24, 2.45) is 0 Å². The van der Waals surface area contributed by atoms with Crippen LogP contribution in [-0.4, -0.2) is 33.1 Å². The summed E-state index contributed by atoms with van der Waals surface area (Å²) in [6, 6.07) is 6.61. The Morgan fingerprint density at radius 2 is 2.20 bits per heavy atom. The Kier molecular flexibility index (Phi) is 4.45. The third kappa shape index (κ3) is 4.71. The summed E-state index contributed by atoms with van der Waals surface area (Å²) in [5.74, 6) is -0.554. The molecule has 0 amide bonds. The van der Waals surface area contributed by atoms with E-state index < -0.39 is 12.1 Å². The van der Waals surface area contributed by atoms with Gasteiger partial charge in [-0.15, -0.1) is 11.8 Å². The summed E-state index contributed by atoms with van der Waals surface area (Å²) < 4.78 is 0. The summed E-state index contributed by atoms with van der Waals surface area (Å²) in [5.41, 5.74) is 0. The van der Waals surface area contributed by atoms with Gasteiger partial charge in [0.1, 0.15) is 5.75 Å². The molecular formula is C10H12O4S. The van der Waals surface area contributed by atoms with Gasteiger partial charge in [0.2, 0.25) is 0 Å². The van der Waals surface area contributed by atoms with Crippen molar-refractivity contribution in [2.75, 3.05) is 5.75 Å². The minimum absolute atomic E-state index is 0.160. The van der Waals surface area contributed by atoms with Gasteiger partial charge in [0.05, 0.1) is 12.5 Å². The van der Waals surface area contributed by atoms with Crippen LogP contribution >= 0.6 is 11.8 Å². The van der Waals surface area contributed by atoms with Gasteiger partial charge in [-0.1, -0.05) is 6.07 Å². The second kappa shape index (κ2) is 5.63. The van der Waals surface area contributed by atoms with Crippen molar-refractivity contribution in [3.8, 4) is 5.75 Å². The highest BCUT2D eigenvalue weighted by atomic mass is 32.2. The first-order valence-corrected chi connectivity index (χ1v) is 5.38. The van der Waals surface area contributed by atoms with E-state index in [9.17, 15) is 9.90 Å². The van der Waals surface area contributed by atoms with E-state index >= 15 is 0 Å². The number of aliphatic carboxylic acids is 1. The van der Waals surface area contributed by atoms with Crippen molar-refractivity contribution in [3.63, 3.8) is 0 Å². The van der Waals surface area contributed by atoms with Crippen LogP contribution in [0.4, 0.5) is 0 Å². The highest BCUT2D eigenvalue weighted by Gasteiger charge is 2.09. The quantitative estimate of drug-likeness (QED) is 0.662. The average Bonchev–Trinajstić information content (AvgIpc) is 2.14. The third-order valence-corrected chi connectivity index (χ3v) is 2.81. The lowest BCUT2D eigenvalue weighted by Gasteiger charge is -2.07. The largest absolute Gasteiger partial charge is 0.508 e. The predicted octanol–water partition coefficient (Wildman–Crippen LogP) is 1.32. The van der Waals surface area contributed by atoms with Crippen molar-refractivity contribution < 1.29 is 20.1 Å². The third-order valence-electron chi connectivity index (χ3n) is 1.67. The number of aliphatic hydroxyl groups excluding tert-OH is 1. The smallest absolute Gasteiger partial charge is 0.306 e. The Labute approximate surface area is 91.6 Å². The van der Waals surface area contributed by atoms with Gasteiger partial charge >= 0.3 is 5.97 Å². The number of hydrogen-bond donors (Lipinski definition) is 3. The van der Waals surface area contributed by atoms with Crippen LogP contribution in [0.1, 0.15) is 6.42 Å². The van der Waals surface area contributed by atoms with Crippen molar-refractivity contribution in [1.29, 1.82) is 0 Å². The Hall–Kier alpha value is -1.20. The van der Waals surface area contributed by atoms with Crippen LogP contribution in [0.3, 0.4) is 0 Å². The van der Waals surface area contributed by atoms with E-state index in [-0.39, 0.29) is 12.2 Å². The number of hydrogen-bond acceptors (Lipinski definition) is 4. The minimum atomic E-state index is -1.01. The Morgan fingerprint density at radius 3 is 2.80 bits per heavy atom. The van der Waals surface area contributed by atoms with Crippen LogP contribution in [0.25, 0.3) is 0 Å². The maximum Gasteiger partial charge on any atom is 0.306 e. The van der Waals surface area contributed by atoms with Crippen LogP contribution in [0, 0.1) is 0 Å². The Morgan fingerprint density at radius 1 is 1.47 bits per heavy atom. The minimum Gasteiger partial charge on any atom is -0.508 e. The molecule has 1 unspecified atom stereocenters. The normalized spacial score (nSPS) is 12.3. The van der Waals surface area contributed by atoms with Crippen molar-refractivity contribution in [2.45, 2.75) is 17.4 Å². The lowest BCUT2D eigenvalue weighted by Crippen LogP contribution is -2.15. The number of phenols is 1. The fourth-order valence-corrected chi connectivity index (χ4v) is 1.91. The maximum absolute atomic E-state index is 10.3. The number of carboxylic acids is 1. The number of rotatable bonds is 5. The molecule has 15 heavy (non-hydrogen) atoms. The molecule has 0 fully saturated rings. The number of aromatic hydroxyl groups is 1. The number of thioether (sulfide) groups is 1. The first-order valence-electron chi connectivity index (χ1n) is 4.39.